The molecule has 19 heteroatoms. The van der Waals surface area contributed by atoms with E-state index in [0.717, 1.165) is 135 Å². The van der Waals surface area contributed by atoms with Gasteiger partial charge in [0, 0.05) is 25.7 Å². The number of phosphoric ester groups is 2. The number of aliphatic hydroxyl groups is 1. The van der Waals surface area contributed by atoms with Crippen molar-refractivity contribution >= 4 is 39.5 Å². The largest absolute Gasteiger partial charge is 0.472 e. The van der Waals surface area contributed by atoms with Gasteiger partial charge in [0.15, 0.2) is 12.2 Å². The molecule has 0 aromatic carbocycles. The van der Waals surface area contributed by atoms with Crippen LogP contribution in [0.15, 0.2) is 122 Å². The zero-order chi connectivity index (χ0) is 73.2. The average molecular weight is 1450 g/mol. The van der Waals surface area contributed by atoms with Gasteiger partial charge in [0.1, 0.15) is 19.3 Å². The molecule has 0 radical (unpaired) electrons. The number of phosphoric acid groups is 2. The number of carbonyl (C=O) groups is 4. The topological polar surface area (TPSA) is 237 Å². The maximum atomic E-state index is 13.1. The lowest BCUT2D eigenvalue weighted by molar-refractivity contribution is -0.161. The molecule has 0 spiro atoms. The van der Waals surface area contributed by atoms with Crippen LogP contribution >= 0.6 is 15.6 Å². The maximum absolute atomic E-state index is 13.1. The van der Waals surface area contributed by atoms with Gasteiger partial charge in [0.05, 0.1) is 26.4 Å². The summed E-state index contributed by atoms with van der Waals surface area (Å²) < 4.78 is 68.4. The van der Waals surface area contributed by atoms with Crippen molar-refractivity contribution in [3.63, 3.8) is 0 Å². The lowest BCUT2D eigenvalue weighted by Gasteiger charge is -2.21. The van der Waals surface area contributed by atoms with Gasteiger partial charge in [-0.2, -0.15) is 0 Å². The highest BCUT2D eigenvalue weighted by Crippen LogP contribution is 2.45. The van der Waals surface area contributed by atoms with E-state index >= 15 is 0 Å². The van der Waals surface area contributed by atoms with Crippen LogP contribution in [0.4, 0.5) is 0 Å². The van der Waals surface area contributed by atoms with Crippen molar-refractivity contribution < 1.29 is 80.2 Å². The fraction of sp³-hybridized carbons (Fsp3) is 0.704. The van der Waals surface area contributed by atoms with Crippen LogP contribution in [0.3, 0.4) is 0 Å². The first-order chi connectivity index (χ1) is 48.7. The first-order valence-electron chi connectivity index (χ1n) is 38.8. The highest BCUT2D eigenvalue weighted by atomic mass is 31.2. The Labute approximate surface area is 606 Å². The molecule has 0 rings (SSSR count). The molecule has 3 N–H and O–H groups in total. The lowest BCUT2D eigenvalue weighted by Crippen LogP contribution is -2.30. The average Bonchev–Trinajstić information content (AvgIpc) is 1.06. The van der Waals surface area contributed by atoms with Crippen LogP contribution in [0, 0.1) is 0 Å². The van der Waals surface area contributed by atoms with Gasteiger partial charge in [0.2, 0.25) is 0 Å². The quantitative estimate of drug-likeness (QED) is 0.0169. The zero-order valence-corrected chi connectivity index (χ0v) is 64.4. The predicted octanol–water partition coefficient (Wildman–Crippen LogP) is 22.3. The number of hydrogen-bond donors (Lipinski definition) is 3. The van der Waals surface area contributed by atoms with E-state index in [2.05, 4.69) is 137 Å². The van der Waals surface area contributed by atoms with Gasteiger partial charge < -0.3 is 33.8 Å². The van der Waals surface area contributed by atoms with Gasteiger partial charge in [-0.1, -0.05) is 278 Å². The van der Waals surface area contributed by atoms with E-state index in [1.807, 2.05) is 12.2 Å². The molecular weight excluding hydrogens is 1310 g/mol. The smallest absolute Gasteiger partial charge is 0.462 e. The molecule has 0 amide bonds. The standard InChI is InChI=1S/C81H138O17P2/c1-5-9-13-17-21-25-29-33-36-37-40-43-46-50-54-58-62-66-79(84)92-72-77(98-81(86)68-64-60-56-52-48-44-39-35-31-27-23-19-15-11-7-3)74-96-100(89,90)94-70-75(82)69-93-99(87,88)95-73-76(97-80(85)67-63-59-55-51-47-41-32-28-24-20-16-12-8-4)71-91-78(83)65-61-57-53-49-45-42-38-34-30-26-22-18-14-10-6-2/h9-10,13-14,21-22,25-26,33-36,38-40,43,45,49-50,54,75-77,82H,5-8,11-12,15-20,23-24,27-32,37,41-42,44,46-48,51-53,55-74H2,1-4H3,(H,87,88)(H,89,90)/b13-9-,14-10-,25-21-,26-22-,36-33-,38-34-,39-35-,43-40-,49-45-,54-50-. The molecule has 0 aromatic heterocycles. The molecule has 0 aliphatic heterocycles. The lowest BCUT2D eigenvalue weighted by atomic mass is 10.0. The van der Waals surface area contributed by atoms with E-state index < -0.39 is 97.5 Å². The zero-order valence-electron chi connectivity index (χ0n) is 62.6. The summed E-state index contributed by atoms with van der Waals surface area (Å²) in [5, 5.41) is 10.6. The molecule has 5 atom stereocenters. The molecule has 0 saturated carbocycles. The van der Waals surface area contributed by atoms with Crippen LogP contribution in [0.2, 0.25) is 0 Å². The summed E-state index contributed by atoms with van der Waals surface area (Å²) in [6, 6.07) is 0. The maximum Gasteiger partial charge on any atom is 0.472 e. The predicted molar refractivity (Wildman–Crippen MR) is 408 cm³/mol. The van der Waals surface area contributed by atoms with Gasteiger partial charge >= 0.3 is 39.5 Å². The Hall–Kier alpha value is -4.54. The van der Waals surface area contributed by atoms with E-state index in [1.54, 1.807) is 0 Å². The highest BCUT2D eigenvalue weighted by Gasteiger charge is 2.30. The fourth-order valence-corrected chi connectivity index (χ4v) is 11.6. The molecule has 0 aliphatic carbocycles. The van der Waals surface area contributed by atoms with Crippen molar-refractivity contribution in [2.45, 2.75) is 329 Å². The molecule has 574 valence electrons. The minimum atomic E-state index is -4.99. The summed E-state index contributed by atoms with van der Waals surface area (Å²) in [6.45, 7) is 4.53. The second kappa shape index (κ2) is 72.8. The van der Waals surface area contributed by atoms with Gasteiger partial charge in [0.25, 0.3) is 0 Å². The molecular formula is C81H138O17P2. The molecule has 17 nitrogen and oxygen atoms in total. The van der Waals surface area contributed by atoms with Crippen LogP contribution in [0.25, 0.3) is 0 Å². The summed E-state index contributed by atoms with van der Waals surface area (Å²) in [5.74, 6) is -2.29. The number of rotatable bonds is 72. The third kappa shape index (κ3) is 71.8. The molecule has 0 heterocycles. The van der Waals surface area contributed by atoms with E-state index in [4.69, 9.17) is 37.0 Å². The van der Waals surface area contributed by atoms with Crippen molar-refractivity contribution in [2.24, 2.45) is 0 Å². The Morgan fingerprint density at radius 1 is 0.290 bits per heavy atom. The third-order valence-corrected chi connectivity index (χ3v) is 17.8. The van der Waals surface area contributed by atoms with E-state index in [1.165, 1.54) is 89.9 Å². The second-order valence-electron chi connectivity index (χ2n) is 25.5. The Morgan fingerprint density at radius 3 is 0.870 bits per heavy atom. The van der Waals surface area contributed by atoms with Crippen LogP contribution in [-0.2, 0) is 65.4 Å². The molecule has 5 unspecified atom stereocenters. The van der Waals surface area contributed by atoms with Crippen molar-refractivity contribution in [1.29, 1.82) is 0 Å². The van der Waals surface area contributed by atoms with Gasteiger partial charge in [-0.3, -0.25) is 37.3 Å². The van der Waals surface area contributed by atoms with Crippen LogP contribution in [0.1, 0.15) is 310 Å². The highest BCUT2D eigenvalue weighted by molar-refractivity contribution is 7.47. The fourth-order valence-electron chi connectivity index (χ4n) is 10.1. The Morgan fingerprint density at radius 2 is 0.530 bits per heavy atom. The number of allylic oxidation sites excluding steroid dienone is 20. The minimum absolute atomic E-state index is 0.0706. The van der Waals surface area contributed by atoms with Gasteiger partial charge in [-0.05, 0) is 128 Å². The summed E-state index contributed by atoms with van der Waals surface area (Å²) in [7, 11) is -9.98. The summed E-state index contributed by atoms with van der Waals surface area (Å²) in [6.07, 6.45) is 79.1. The number of esters is 4. The van der Waals surface area contributed by atoms with Crippen molar-refractivity contribution in [2.75, 3.05) is 39.6 Å². The van der Waals surface area contributed by atoms with Crippen molar-refractivity contribution in [3.05, 3.63) is 122 Å². The van der Waals surface area contributed by atoms with Crippen LogP contribution in [0.5, 0.6) is 0 Å². The third-order valence-electron chi connectivity index (χ3n) is 15.9. The Kier molecular flexibility index (Phi) is 69.5. The summed E-state index contributed by atoms with van der Waals surface area (Å²) >= 11 is 0. The van der Waals surface area contributed by atoms with Crippen LogP contribution < -0.4 is 0 Å². The minimum Gasteiger partial charge on any atom is -0.462 e. The molecule has 0 fully saturated rings. The van der Waals surface area contributed by atoms with Gasteiger partial charge in [-0.15, -0.1) is 0 Å². The molecule has 0 saturated heterocycles. The summed E-state index contributed by atoms with van der Waals surface area (Å²) in [4.78, 5) is 72.9. The Bertz CT molecular complexity index is 2370. The molecule has 0 bridgehead atoms. The molecule has 0 aromatic rings. The second-order valence-corrected chi connectivity index (χ2v) is 28.4. The van der Waals surface area contributed by atoms with E-state index in [9.17, 15) is 43.2 Å². The van der Waals surface area contributed by atoms with Gasteiger partial charge in [-0.25, -0.2) is 9.13 Å². The normalized spacial score (nSPS) is 14.6. The Balaban J connectivity index is 5.43. The number of ether oxygens (including phenoxy) is 4. The van der Waals surface area contributed by atoms with E-state index in [-0.39, 0.29) is 25.7 Å². The first kappa shape index (κ1) is 95.5. The molecule has 100 heavy (non-hydrogen) atoms. The van der Waals surface area contributed by atoms with Crippen molar-refractivity contribution in [1.82, 2.24) is 0 Å². The SMILES string of the molecule is CC/C=C\C/C=C\C/C=C\C/C=C\C/C=C\CCCC(=O)OCC(COP(=O)(O)OCC(O)COP(=O)(O)OCC(COC(=O)CCCC/C=C\C/C=C\C/C=C\C/C=C\CC)OC(=O)CCCCCCCCCCCCCCC)OC(=O)CCCCCCC/C=C\CCCCCCCC. The number of unbranched alkanes of at least 4 members (excludes halogenated alkanes) is 26. The summed E-state index contributed by atoms with van der Waals surface area (Å²) in [5.41, 5.74) is 0. The number of carbonyl (C=O) groups excluding carboxylic acids is 4. The monoisotopic (exact) mass is 1440 g/mol. The number of hydrogen-bond acceptors (Lipinski definition) is 15. The first-order valence-corrected chi connectivity index (χ1v) is 41.8. The van der Waals surface area contributed by atoms with Crippen molar-refractivity contribution in [3.8, 4) is 0 Å². The van der Waals surface area contributed by atoms with E-state index in [0.29, 0.717) is 32.1 Å². The number of aliphatic hydroxyl groups excluding tert-OH is 1. The molecule has 0 aliphatic rings. The van der Waals surface area contributed by atoms with Crippen LogP contribution in [-0.4, -0.2) is 96.7 Å².